The average molecular weight is 222 g/mol. The summed E-state index contributed by atoms with van der Waals surface area (Å²) in [6.07, 6.45) is 2.27. The number of aliphatic hydroxyl groups is 1. The predicted molar refractivity (Wildman–Crippen MR) is 66.7 cm³/mol. The highest BCUT2D eigenvalue weighted by atomic mass is 16.5. The highest BCUT2D eigenvalue weighted by Gasteiger charge is 2.07. The molecule has 1 aromatic rings. The largest absolute Gasteiger partial charge is 0.493 e. The summed E-state index contributed by atoms with van der Waals surface area (Å²) in [6.45, 7) is 7.16. The molecule has 0 radical (unpaired) electrons. The van der Waals surface area contributed by atoms with Crippen molar-refractivity contribution in [1.82, 2.24) is 0 Å². The van der Waals surface area contributed by atoms with Gasteiger partial charge in [-0.15, -0.1) is 0 Å². The molecule has 0 atom stereocenters. The summed E-state index contributed by atoms with van der Waals surface area (Å²) < 4.78 is 5.77. The first-order chi connectivity index (χ1) is 7.71. The molecular weight excluding hydrogens is 200 g/mol. The lowest BCUT2D eigenvalue weighted by Gasteiger charge is -2.16. The molecule has 0 aliphatic rings. The van der Waals surface area contributed by atoms with Crippen LogP contribution in [0.2, 0.25) is 0 Å². The Hall–Kier alpha value is -1.02. The first-order valence-electron chi connectivity index (χ1n) is 6.04. The van der Waals surface area contributed by atoms with Gasteiger partial charge in [-0.1, -0.05) is 44.4 Å². The number of benzene rings is 1. The summed E-state index contributed by atoms with van der Waals surface area (Å²) >= 11 is 0. The second-order valence-electron chi connectivity index (χ2n) is 4.26. The Labute approximate surface area is 98.3 Å². The van der Waals surface area contributed by atoms with Crippen LogP contribution in [0.3, 0.4) is 0 Å². The van der Waals surface area contributed by atoms with Gasteiger partial charge in [-0.05, 0) is 18.9 Å². The van der Waals surface area contributed by atoms with Gasteiger partial charge in [0.15, 0.2) is 0 Å². The van der Waals surface area contributed by atoms with Crippen molar-refractivity contribution in [2.24, 2.45) is 5.92 Å². The van der Waals surface area contributed by atoms with Crippen molar-refractivity contribution in [2.75, 3.05) is 6.61 Å². The minimum Gasteiger partial charge on any atom is -0.493 e. The minimum absolute atomic E-state index is 0.0416. The molecule has 1 N–H and O–H groups in total. The molecule has 0 aliphatic carbocycles. The van der Waals surface area contributed by atoms with Gasteiger partial charge < -0.3 is 9.84 Å². The fourth-order valence-electron chi connectivity index (χ4n) is 1.70. The zero-order valence-electron chi connectivity index (χ0n) is 10.5. The summed E-state index contributed by atoms with van der Waals surface area (Å²) in [7, 11) is 0. The van der Waals surface area contributed by atoms with Crippen molar-refractivity contribution in [3.8, 4) is 5.75 Å². The Kier molecular flexibility index (Phi) is 5.33. The zero-order chi connectivity index (χ0) is 12.0. The summed E-state index contributed by atoms with van der Waals surface area (Å²) in [5, 5.41) is 9.24. The number of hydrogen-bond acceptors (Lipinski definition) is 2. The number of rotatable bonds is 6. The van der Waals surface area contributed by atoms with Crippen LogP contribution in [0.5, 0.6) is 5.75 Å². The van der Waals surface area contributed by atoms with E-state index in [4.69, 9.17) is 4.74 Å². The van der Waals surface area contributed by atoms with Crippen LogP contribution in [-0.4, -0.2) is 11.7 Å². The summed E-state index contributed by atoms with van der Waals surface area (Å²) in [5.41, 5.74) is 2.03. The Morgan fingerprint density at radius 3 is 2.50 bits per heavy atom. The molecule has 0 aliphatic heterocycles. The van der Waals surface area contributed by atoms with Crippen LogP contribution in [0.25, 0.3) is 0 Å². The molecule has 1 aromatic carbocycles. The van der Waals surface area contributed by atoms with Crippen LogP contribution in [0.1, 0.15) is 37.8 Å². The van der Waals surface area contributed by atoms with E-state index < -0.39 is 0 Å². The number of ether oxygens (including phenoxy) is 1. The van der Waals surface area contributed by atoms with E-state index in [9.17, 15) is 5.11 Å². The topological polar surface area (TPSA) is 29.5 Å². The normalized spacial score (nSPS) is 10.8. The third kappa shape index (κ3) is 3.53. The smallest absolute Gasteiger partial charge is 0.124 e. The minimum atomic E-state index is 0.0416. The van der Waals surface area contributed by atoms with E-state index in [1.807, 2.05) is 25.1 Å². The number of hydrogen-bond donors (Lipinski definition) is 1. The van der Waals surface area contributed by atoms with Gasteiger partial charge in [0.05, 0.1) is 13.2 Å². The lowest BCUT2D eigenvalue weighted by Crippen LogP contribution is -2.11. The third-order valence-corrected chi connectivity index (χ3v) is 3.02. The van der Waals surface area contributed by atoms with Gasteiger partial charge in [-0.25, -0.2) is 0 Å². The van der Waals surface area contributed by atoms with Crippen molar-refractivity contribution in [2.45, 2.75) is 40.2 Å². The van der Waals surface area contributed by atoms with Gasteiger partial charge in [-0.2, -0.15) is 0 Å². The summed E-state index contributed by atoms with van der Waals surface area (Å²) in [4.78, 5) is 0. The van der Waals surface area contributed by atoms with E-state index >= 15 is 0 Å². The molecule has 0 aromatic heterocycles. The Bertz CT molecular complexity index is 317. The fourth-order valence-corrected chi connectivity index (χ4v) is 1.70. The third-order valence-electron chi connectivity index (χ3n) is 3.02. The number of aryl methyl sites for hydroxylation is 1. The van der Waals surface area contributed by atoms with Gasteiger partial charge in [0, 0.05) is 5.56 Å². The zero-order valence-corrected chi connectivity index (χ0v) is 10.5. The molecular formula is C14H22O2. The Balaban J connectivity index is 2.65. The molecule has 0 bridgehead atoms. The second-order valence-corrected chi connectivity index (χ2v) is 4.26. The molecule has 2 heteroatoms. The van der Waals surface area contributed by atoms with Gasteiger partial charge in [0.1, 0.15) is 5.75 Å². The lowest BCUT2D eigenvalue weighted by molar-refractivity contribution is 0.226. The maximum absolute atomic E-state index is 9.24. The maximum atomic E-state index is 9.24. The van der Waals surface area contributed by atoms with Crippen molar-refractivity contribution >= 4 is 0 Å². The highest BCUT2D eigenvalue weighted by molar-refractivity contribution is 5.36. The number of aliphatic hydroxyl groups excluding tert-OH is 1. The highest BCUT2D eigenvalue weighted by Crippen LogP contribution is 2.21. The molecule has 0 saturated carbocycles. The molecule has 2 nitrogen and oxygen atoms in total. The molecule has 0 unspecified atom stereocenters. The quantitative estimate of drug-likeness (QED) is 0.800. The van der Waals surface area contributed by atoms with Crippen molar-refractivity contribution in [3.63, 3.8) is 0 Å². The van der Waals surface area contributed by atoms with Crippen molar-refractivity contribution in [1.29, 1.82) is 0 Å². The predicted octanol–water partition coefficient (Wildman–Crippen LogP) is 3.30. The summed E-state index contributed by atoms with van der Waals surface area (Å²) in [6, 6.07) is 5.94. The van der Waals surface area contributed by atoms with Crippen LogP contribution in [0.4, 0.5) is 0 Å². The Morgan fingerprint density at radius 2 is 1.94 bits per heavy atom. The van der Waals surface area contributed by atoms with E-state index in [2.05, 4.69) is 13.8 Å². The molecule has 1 rings (SSSR count). The van der Waals surface area contributed by atoms with Gasteiger partial charge in [-0.3, -0.25) is 0 Å². The summed E-state index contributed by atoms with van der Waals surface area (Å²) in [5.74, 6) is 1.42. The van der Waals surface area contributed by atoms with Gasteiger partial charge >= 0.3 is 0 Å². The van der Waals surface area contributed by atoms with E-state index in [1.165, 1.54) is 0 Å². The van der Waals surface area contributed by atoms with E-state index in [0.717, 1.165) is 36.3 Å². The molecule has 0 heterocycles. The second kappa shape index (κ2) is 6.54. The molecule has 90 valence electrons. The Morgan fingerprint density at radius 1 is 1.25 bits per heavy atom. The first kappa shape index (κ1) is 13.0. The first-order valence-corrected chi connectivity index (χ1v) is 6.04. The van der Waals surface area contributed by atoms with Crippen LogP contribution in [0, 0.1) is 12.8 Å². The van der Waals surface area contributed by atoms with E-state index in [1.54, 1.807) is 0 Å². The SMILES string of the molecule is CCC(CC)COc1ccc(C)cc1CO. The maximum Gasteiger partial charge on any atom is 0.124 e. The molecule has 0 amide bonds. The van der Waals surface area contributed by atoms with Crippen molar-refractivity contribution in [3.05, 3.63) is 29.3 Å². The van der Waals surface area contributed by atoms with Crippen LogP contribution < -0.4 is 4.74 Å². The van der Waals surface area contributed by atoms with Crippen LogP contribution in [-0.2, 0) is 6.61 Å². The van der Waals surface area contributed by atoms with E-state index in [-0.39, 0.29) is 6.61 Å². The van der Waals surface area contributed by atoms with Gasteiger partial charge in [0.25, 0.3) is 0 Å². The fraction of sp³-hybridized carbons (Fsp3) is 0.571. The standard InChI is InChI=1S/C14H22O2/c1-4-12(5-2)10-16-14-7-6-11(3)8-13(14)9-15/h6-8,12,15H,4-5,9-10H2,1-3H3. The molecule has 0 fully saturated rings. The van der Waals surface area contributed by atoms with Gasteiger partial charge in [0.2, 0.25) is 0 Å². The van der Waals surface area contributed by atoms with Crippen LogP contribution >= 0.6 is 0 Å². The molecule has 0 spiro atoms. The average Bonchev–Trinajstić information content (AvgIpc) is 2.31. The van der Waals surface area contributed by atoms with E-state index in [0.29, 0.717) is 5.92 Å². The van der Waals surface area contributed by atoms with Crippen molar-refractivity contribution < 1.29 is 9.84 Å². The lowest BCUT2D eigenvalue weighted by atomic mass is 10.1. The monoisotopic (exact) mass is 222 g/mol. The molecule has 0 saturated heterocycles. The molecule has 16 heavy (non-hydrogen) atoms. The van der Waals surface area contributed by atoms with Crippen LogP contribution in [0.15, 0.2) is 18.2 Å².